The van der Waals surface area contributed by atoms with Crippen molar-refractivity contribution in [1.82, 2.24) is 4.57 Å². The fraction of sp³-hybridized carbons (Fsp3) is 0.0769. The monoisotopic (exact) mass is 541 g/mol. The molecule has 0 fully saturated rings. The molecule has 0 radical (unpaired) electrons. The quantitative estimate of drug-likeness (QED) is 0.205. The lowest BCUT2D eigenvalue weighted by atomic mass is 9.82. The summed E-state index contributed by atoms with van der Waals surface area (Å²) in [4.78, 5) is 0. The van der Waals surface area contributed by atoms with Crippen molar-refractivity contribution >= 4 is 53.3 Å². The Hall–Kier alpha value is -4.66. The molecule has 1 nitrogen and oxygen atoms in total. The molecule has 2 aromatic heterocycles. The Morgan fingerprint density at radius 2 is 1.27 bits per heavy atom. The van der Waals surface area contributed by atoms with Gasteiger partial charge in [0.05, 0.1) is 15.7 Å². The van der Waals surface area contributed by atoms with Crippen LogP contribution < -0.4 is 0 Å². The predicted molar refractivity (Wildman–Crippen MR) is 177 cm³/mol. The molecule has 0 saturated heterocycles. The summed E-state index contributed by atoms with van der Waals surface area (Å²) < 4.78 is 5.21. The Kier molecular flexibility index (Phi) is 4.61. The first-order valence-electron chi connectivity index (χ1n) is 14.3. The summed E-state index contributed by atoms with van der Waals surface area (Å²) in [6.45, 7) is 4.74. The van der Waals surface area contributed by atoms with E-state index in [4.69, 9.17) is 0 Å². The first kappa shape index (κ1) is 23.1. The molecule has 194 valence electrons. The maximum atomic E-state index is 2.52. The highest BCUT2D eigenvalue weighted by molar-refractivity contribution is 7.26. The van der Waals surface area contributed by atoms with E-state index in [1.165, 1.54) is 81.0 Å². The van der Waals surface area contributed by atoms with Crippen LogP contribution in [0.5, 0.6) is 0 Å². The second kappa shape index (κ2) is 8.19. The number of fused-ring (bicyclic) bond motifs is 11. The summed E-state index contributed by atoms with van der Waals surface area (Å²) in [7, 11) is 0. The molecule has 0 atom stereocenters. The molecule has 0 spiro atoms. The number of hydrogen-bond donors (Lipinski definition) is 0. The molecular formula is C39H27NS. The molecule has 0 saturated carbocycles. The Morgan fingerprint density at radius 3 is 2.12 bits per heavy atom. The van der Waals surface area contributed by atoms with Crippen LogP contribution in [-0.4, -0.2) is 4.57 Å². The van der Waals surface area contributed by atoms with Crippen LogP contribution in [0, 0.1) is 0 Å². The summed E-state index contributed by atoms with van der Waals surface area (Å²) in [6.07, 6.45) is 0. The lowest BCUT2D eigenvalue weighted by Crippen LogP contribution is -2.14. The van der Waals surface area contributed by atoms with Gasteiger partial charge < -0.3 is 4.57 Å². The van der Waals surface area contributed by atoms with Gasteiger partial charge in [0, 0.05) is 37.3 Å². The van der Waals surface area contributed by atoms with Crippen molar-refractivity contribution in [3.63, 3.8) is 0 Å². The molecule has 0 bridgehead atoms. The maximum absolute atomic E-state index is 2.52. The number of thiophene rings is 1. The lowest BCUT2D eigenvalue weighted by Gasteiger charge is -2.21. The predicted octanol–water partition coefficient (Wildman–Crippen LogP) is 11.1. The number of nitrogens with zero attached hydrogens (tertiary/aromatic N) is 1. The molecule has 0 unspecified atom stereocenters. The van der Waals surface area contributed by atoms with E-state index >= 15 is 0 Å². The highest BCUT2D eigenvalue weighted by Gasteiger charge is 2.37. The van der Waals surface area contributed by atoms with Crippen molar-refractivity contribution < 1.29 is 0 Å². The average molecular weight is 542 g/mol. The second-order valence-corrected chi connectivity index (χ2v) is 12.8. The molecule has 0 aliphatic heterocycles. The van der Waals surface area contributed by atoms with E-state index in [-0.39, 0.29) is 5.41 Å². The standard InChI is InChI=1S/C39H27NS/c1-39(2)31-14-8-6-13-29(31)35-32(39)22-23-33-36(35)30-21-20-28-27-12-7-9-15-34(27)41-38(28)37(30)40(33)26-18-16-25(17-19-26)24-10-4-3-5-11-24/h3-23H,1-2H3. The van der Waals surface area contributed by atoms with Gasteiger partial charge in [-0.1, -0.05) is 117 Å². The normalized spacial score (nSPS) is 13.8. The smallest absolute Gasteiger partial charge is 0.0719 e. The molecule has 2 heterocycles. The summed E-state index contributed by atoms with van der Waals surface area (Å²) in [6, 6.07) is 47.1. The number of hydrogen-bond acceptors (Lipinski definition) is 1. The lowest BCUT2D eigenvalue weighted by molar-refractivity contribution is 0.661. The molecule has 2 heteroatoms. The van der Waals surface area contributed by atoms with Gasteiger partial charge >= 0.3 is 0 Å². The van der Waals surface area contributed by atoms with Crippen molar-refractivity contribution in [2.45, 2.75) is 19.3 Å². The van der Waals surface area contributed by atoms with Gasteiger partial charge in [-0.25, -0.2) is 0 Å². The fourth-order valence-electron chi connectivity index (χ4n) is 7.26. The van der Waals surface area contributed by atoms with Gasteiger partial charge in [0.25, 0.3) is 0 Å². The number of benzene rings is 6. The van der Waals surface area contributed by atoms with Crippen LogP contribution in [0.15, 0.2) is 127 Å². The number of aromatic nitrogens is 1. The van der Waals surface area contributed by atoms with E-state index in [9.17, 15) is 0 Å². The minimum atomic E-state index is -0.0341. The van der Waals surface area contributed by atoms with E-state index in [1.54, 1.807) is 0 Å². The SMILES string of the molecule is CC1(C)c2ccccc2-c2c1ccc1c2c2ccc3c4ccccc4sc3c2n1-c1ccc(-c2ccccc2)cc1. The van der Waals surface area contributed by atoms with Crippen LogP contribution in [0.25, 0.3) is 69.9 Å². The largest absolute Gasteiger partial charge is 0.308 e. The van der Waals surface area contributed by atoms with E-state index in [0.29, 0.717) is 0 Å². The molecule has 0 N–H and O–H groups in total. The topological polar surface area (TPSA) is 4.93 Å². The van der Waals surface area contributed by atoms with Crippen LogP contribution in [0.2, 0.25) is 0 Å². The average Bonchev–Trinajstić information content (AvgIpc) is 3.64. The van der Waals surface area contributed by atoms with Crippen LogP contribution in [0.3, 0.4) is 0 Å². The van der Waals surface area contributed by atoms with Gasteiger partial charge in [0.2, 0.25) is 0 Å². The van der Waals surface area contributed by atoms with Gasteiger partial charge in [-0.15, -0.1) is 11.3 Å². The van der Waals surface area contributed by atoms with Crippen LogP contribution in [0.1, 0.15) is 25.0 Å². The minimum Gasteiger partial charge on any atom is -0.308 e. The van der Waals surface area contributed by atoms with E-state index in [1.807, 2.05) is 11.3 Å². The summed E-state index contributed by atoms with van der Waals surface area (Å²) >= 11 is 1.91. The van der Waals surface area contributed by atoms with Crippen LogP contribution in [-0.2, 0) is 5.41 Å². The Balaban J connectivity index is 1.43. The zero-order valence-electron chi connectivity index (χ0n) is 23.0. The van der Waals surface area contributed by atoms with E-state index in [0.717, 1.165) is 0 Å². The third-order valence-electron chi connectivity index (χ3n) is 9.21. The molecule has 6 aromatic carbocycles. The first-order valence-corrected chi connectivity index (χ1v) is 15.1. The van der Waals surface area contributed by atoms with Crippen molar-refractivity contribution in [2.75, 3.05) is 0 Å². The first-order chi connectivity index (χ1) is 20.1. The maximum Gasteiger partial charge on any atom is 0.0719 e. The third kappa shape index (κ3) is 3.06. The van der Waals surface area contributed by atoms with Crippen molar-refractivity contribution in [2.24, 2.45) is 0 Å². The van der Waals surface area contributed by atoms with Crippen molar-refractivity contribution in [3.8, 4) is 27.9 Å². The summed E-state index contributed by atoms with van der Waals surface area (Å²) in [5.41, 5.74) is 11.8. The minimum absolute atomic E-state index is 0.0341. The summed E-state index contributed by atoms with van der Waals surface area (Å²) in [5, 5.41) is 5.36. The third-order valence-corrected chi connectivity index (χ3v) is 10.4. The zero-order valence-corrected chi connectivity index (χ0v) is 23.8. The zero-order chi connectivity index (χ0) is 27.3. The van der Waals surface area contributed by atoms with Gasteiger partial charge in [-0.2, -0.15) is 0 Å². The highest BCUT2D eigenvalue weighted by atomic mass is 32.1. The van der Waals surface area contributed by atoms with Crippen LogP contribution >= 0.6 is 11.3 Å². The second-order valence-electron chi connectivity index (χ2n) is 11.7. The molecule has 1 aliphatic carbocycles. The molecule has 9 rings (SSSR count). The van der Waals surface area contributed by atoms with Gasteiger partial charge in [-0.3, -0.25) is 0 Å². The van der Waals surface area contributed by atoms with Gasteiger partial charge in [0.1, 0.15) is 0 Å². The Bertz CT molecular complexity index is 2310. The Morgan fingerprint density at radius 1 is 0.561 bits per heavy atom. The fourth-order valence-corrected chi connectivity index (χ4v) is 8.50. The number of rotatable bonds is 2. The summed E-state index contributed by atoms with van der Waals surface area (Å²) in [5.74, 6) is 0. The van der Waals surface area contributed by atoms with Crippen LogP contribution in [0.4, 0.5) is 0 Å². The van der Waals surface area contributed by atoms with Crippen molar-refractivity contribution in [1.29, 1.82) is 0 Å². The Labute approximate surface area is 242 Å². The molecule has 41 heavy (non-hydrogen) atoms. The highest BCUT2D eigenvalue weighted by Crippen LogP contribution is 2.54. The van der Waals surface area contributed by atoms with Gasteiger partial charge in [0.15, 0.2) is 0 Å². The van der Waals surface area contributed by atoms with Crippen molar-refractivity contribution in [3.05, 3.63) is 139 Å². The molecule has 0 amide bonds. The molecule has 1 aliphatic rings. The molecule has 8 aromatic rings. The van der Waals surface area contributed by atoms with E-state index < -0.39 is 0 Å². The molecular weight excluding hydrogens is 515 g/mol. The van der Waals surface area contributed by atoms with E-state index in [2.05, 4.69) is 146 Å². The van der Waals surface area contributed by atoms with Gasteiger partial charge in [-0.05, 0) is 57.6 Å².